The zero-order valence-electron chi connectivity index (χ0n) is 12.8. The molecule has 8 heteroatoms. The highest BCUT2D eigenvalue weighted by molar-refractivity contribution is 5.91. The third kappa shape index (κ3) is 5.44. The van der Waals surface area contributed by atoms with E-state index in [0.717, 1.165) is 0 Å². The minimum absolute atomic E-state index is 0.0577. The van der Waals surface area contributed by atoms with Gasteiger partial charge in [-0.05, 0) is 19.3 Å². The minimum Gasteiger partial charge on any atom is -0.481 e. The molecular weight excluding hydrogens is 290 g/mol. The van der Waals surface area contributed by atoms with Crippen molar-refractivity contribution in [2.45, 2.75) is 57.7 Å². The second-order valence-electron chi connectivity index (χ2n) is 5.81. The summed E-state index contributed by atoms with van der Waals surface area (Å²) in [5, 5.41) is 13.8. The molecular formula is C14H23N3O5. The number of carboxylic acids is 1. The molecule has 0 spiro atoms. The smallest absolute Gasteiger partial charge is 0.305 e. The highest BCUT2D eigenvalue weighted by atomic mass is 16.4. The topological polar surface area (TPSA) is 139 Å². The van der Waals surface area contributed by atoms with Crippen molar-refractivity contribution in [3.8, 4) is 0 Å². The first-order valence-electron chi connectivity index (χ1n) is 7.30. The zero-order chi connectivity index (χ0) is 16.9. The van der Waals surface area contributed by atoms with Crippen LogP contribution in [0, 0.1) is 5.92 Å². The lowest BCUT2D eigenvalue weighted by atomic mass is 9.85. The summed E-state index contributed by atoms with van der Waals surface area (Å²) in [5.74, 6) is -1.99. The number of amides is 2. The molecule has 0 radical (unpaired) electrons. The van der Waals surface area contributed by atoms with Gasteiger partial charge in [-0.3, -0.25) is 19.2 Å². The fraction of sp³-hybridized carbons (Fsp3) is 0.714. The van der Waals surface area contributed by atoms with Gasteiger partial charge in [-0.15, -0.1) is 0 Å². The number of rotatable bonds is 6. The quantitative estimate of drug-likeness (QED) is 0.504. The molecule has 0 aromatic carbocycles. The van der Waals surface area contributed by atoms with E-state index in [2.05, 4.69) is 10.6 Å². The lowest BCUT2D eigenvalue weighted by Crippen LogP contribution is -2.53. The van der Waals surface area contributed by atoms with Crippen LogP contribution in [0.25, 0.3) is 0 Å². The molecule has 2 unspecified atom stereocenters. The van der Waals surface area contributed by atoms with Gasteiger partial charge in [0.15, 0.2) is 0 Å². The van der Waals surface area contributed by atoms with E-state index in [1.807, 2.05) is 6.92 Å². The summed E-state index contributed by atoms with van der Waals surface area (Å²) in [6, 6.07) is -2.12. The van der Waals surface area contributed by atoms with Crippen molar-refractivity contribution in [2.24, 2.45) is 11.7 Å². The van der Waals surface area contributed by atoms with E-state index < -0.39 is 30.4 Å². The predicted octanol–water partition coefficient (Wildman–Crippen LogP) is -0.833. The minimum atomic E-state index is -1.20. The summed E-state index contributed by atoms with van der Waals surface area (Å²) < 4.78 is 0. The summed E-state index contributed by atoms with van der Waals surface area (Å²) in [7, 11) is 0. The SMILES string of the molecule is CC1CC(=O)CCC1NC(=O)[C@@H](C)NC(=O)[C@@H](N)CC(=O)O. The van der Waals surface area contributed by atoms with Crippen molar-refractivity contribution in [1.82, 2.24) is 10.6 Å². The first kappa shape index (κ1) is 18.1. The Balaban J connectivity index is 2.46. The molecule has 1 aliphatic carbocycles. The third-order valence-electron chi connectivity index (χ3n) is 3.78. The lowest BCUT2D eigenvalue weighted by molar-refractivity contribution is -0.139. The maximum Gasteiger partial charge on any atom is 0.305 e. The van der Waals surface area contributed by atoms with Gasteiger partial charge in [0, 0.05) is 18.9 Å². The van der Waals surface area contributed by atoms with Gasteiger partial charge in [0.25, 0.3) is 0 Å². The Labute approximate surface area is 128 Å². The number of carboxylic acid groups (broad SMARTS) is 1. The standard InChI is InChI=1S/C14H23N3O5/c1-7-5-9(18)3-4-11(7)17-13(21)8(2)16-14(22)10(15)6-12(19)20/h7-8,10-11H,3-6,15H2,1-2H3,(H,16,22)(H,17,21)(H,19,20)/t7?,8-,10+,11?/m1/s1. The second-order valence-corrected chi connectivity index (χ2v) is 5.81. The van der Waals surface area contributed by atoms with E-state index in [4.69, 9.17) is 10.8 Å². The number of nitrogens with one attached hydrogen (secondary N) is 2. The molecule has 0 aliphatic heterocycles. The number of aliphatic carboxylic acids is 1. The third-order valence-corrected chi connectivity index (χ3v) is 3.78. The van der Waals surface area contributed by atoms with E-state index in [0.29, 0.717) is 19.3 Å². The van der Waals surface area contributed by atoms with Gasteiger partial charge in [-0.2, -0.15) is 0 Å². The molecule has 0 bridgehead atoms. The molecule has 4 atom stereocenters. The maximum absolute atomic E-state index is 12.1. The Bertz CT molecular complexity index is 465. The number of carbonyl (C=O) groups excluding carboxylic acids is 3. The molecule has 0 saturated heterocycles. The first-order chi connectivity index (χ1) is 10.2. The van der Waals surface area contributed by atoms with Crippen LogP contribution in [0.4, 0.5) is 0 Å². The Kier molecular flexibility index (Phi) is 6.48. The number of carbonyl (C=O) groups is 4. The summed E-state index contributed by atoms with van der Waals surface area (Å²) in [6.07, 6.45) is 0.974. The normalized spacial score (nSPS) is 24.2. The van der Waals surface area contributed by atoms with Crippen LogP contribution in [0.1, 0.15) is 39.5 Å². The molecule has 5 N–H and O–H groups in total. The Morgan fingerprint density at radius 2 is 2.00 bits per heavy atom. The monoisotopic (exact) mass is 313 g/mol. The van der Waals surface area contributed by atoms with Crippen LogP contribution in [0.5, 0.6) is 0 Å². The summed E-state index contributed by atoms with van der Waals surface area (Å²) >= 11 is 0. The van der Waals surface area contributed by atoms with Crippen LogP contribution in [-0.4, -0.2) is 46.8 Å². The fourth-order valence-corrected chi connectivity index (χ4v) is 2.39. The van der Waals surface area contributed by atoms with Crippen molar-refractivity contribution in [3.05, 3.63) is 0 Å². The van der Waals surface area contributed by atoms with Crippen molar-refractivity contribution < 1.29 is 24.3 Å². The van der Waals surface area contributed by atoms with Gasteiger partial charge in [0.1, 0.15) is 11.8 Å². The molecule has 1 fully saturated rings. The van der Waals surface area contributed by atoms with Crippen LogP contribution < -0.4 is 16.4 Å². The molecule has 8 nitrogen and oxygen atoms in total. The van der Waals surface area contributed by atoms with Crippen molar-refractivity contribution in [2.75, 3.05) is 0 Å². The van der Waals surface area contributed by atoms with Crippen LogP contribution in [0.2, 0.25) is 0 Å². The van der Waals surface area contributed by atoms with E-state index in [1.54, 1.807) is 0 Å². The average Bonchev–Trinajstić information content (AvgIpc) is 2.40. The first-order valence-corrected chi connectivity index (χ1v) is 7.30. The summed E-state index contributed by atoms with van der Waals surface area (Å²) in [5.41, 5.74) is 5.43. The van der Waals surface area contributed by atoms with E-state index >= 15 is 0 Å². The van der Waals surface area contributed by atoms with Crippen molar-refractivity contribution >= 4 is 23.6 Å². The molecule has 0 aromatic rings. The highest BCUT2D eigenvalue weighted by Gasteiger charge is 2.29. The van der Waals surface area contributed by atoms with E-state index in [1.165, 1.54) is 6.92 Å². The second kappa shape index (κ2) is 7.88. The van der Waals surface area contributed by atoms with Gasteiger partial charge >= 0.3 is 5.97 Å². The van der Waals surface area contributed by atoms with Crippen LogP contribution >= 0.6 is 0 Å². The van der Waals surface area contributed by atoms with Crippen LogP contribution in [0.15, 0.2) is 0 Å². The van der Waals surface area contributed by atoms with Gasteiger partial charge in [-0.1, -0.05) is 6.92 Å². The highest BCUT2D eigenvalue weighted by Crippen LogP contribution is 2.21. The van der Waals surface area contributed by atoms with Crippen molar-refractivity contribution in [3.63, 3.8) is 0 Å². The number of hydrogen-bond donors (Lipinski definition) is 4. The number of Topliss-reactive ketones (excluding diaryl/α,β-unsaturated/α-hetero) is 1. The lowest BCUT2D eigenvalue weighted by Gasteiger charge is -2.30. The Morgan fingerprint density at radius 3 is 2.55 bits per heavy atom. The molecule has 1 saturated carbocycles. The molecule has 0 heterocycles. The number of nitrogens with two attached hydrogens (primary N) is 1. The number of hydrogen-bond acceptors (Lipinski definition) is 5. The molecule has 22 heavy (non-hydrogen) atoms. The molecule has 0 aromatic heterocycles. The summed E-state index contributed by atoms with van der Waals surface area (Å²) in [4.78, 5) is 45.5. The van der Waals surface area contributed by atoms with E-state index in [-0.39, 0.29) is 23.7 Å². The van der Waals surface area contributed by atoms with E-state index in [9.17, 15) is 19.2 Å². The molecule has 1 rings (SSSR count). The van der Waals surface area contributed by atoms with Crippen LogP contribution in [0.3, 0.4) is 0 Å². The fourth-order valence-electron chi connectivity index (χ4n) is 2.39. The van der Waals surface area contributed by atoms with Gasteiger partial charge < -0.3 is 21.5 Å². The molecule has 1 aliphatic rings. The van der Waals surface area contributed by atoms with Gasteiger partial charge in [0.05, 0.1) is 12.5 Å². The molecule has 2 amide bonds. The van der Waals surface area contributed by atoms with Crippen molar-refractivity contribution in [1.29, 1.82) is 0 Å². The average molecular weight is 313 g/mol. The largest absolute Gasteiger partial charge is 0.481 e. The maximum atomic E-state index is 12.1. The Morgan fingerprint density at radius 1 is 1.36 bits per heavy atom. The van der Waals surface area contributed by atoms with Gasteiger partial charge in [0.2, 0.25) is 11.8 Å². The molecule has 124 valence electrons. The van der Waals surface area contributed by atoms with Crippen LogP contribution in [-0.2, 0) is 19.2 Å². The van der Waals surface area contributed by atoms with Gasteiger partial charge in [-0.25, -0.2) is 0 Å². The Hall–Kier alpha value is -1.96. The predicted molar refractivity (Wildman–Crippen MR) is 77.8 cm³/mol. The summed E-state index contributed by atoms with van der Waals surface area (Å²) in [6.45, 7) is 3.40. The zero-order valence-corrected chi connectivity index (χ0v) is 12.8. The number of ketones is 1.